The summed E-state index contributed by atoms with van der Waals surface area (Å²) in [5.41, 5.74) is 3.18. The summed E-state index contributed by atoms with van der Waals surface area (Å²) >= 11 is 0. The second kappa shape index (κ2) is 13.9. The average Bonchev–Trinajstić information content (AvgIpc) is 3.72. The molecule has 0 aliphatic rings. The Kier molecular flexibility index (Phi) is 9.58. The number of ether oxygens (including phenoxy) is 2. The van der Waals surface area contributed by atoms with E-state index in [-0.39, 0.29) is 33.9 Å². The highest BCUT2D eigenvalue weighted by molar-refractivity contribution is 7.91. The number of sulfone groups is 1. The number of carbonyl (C=O) groups is 1. The Labute approximate surface area is 288 Å². The smallest absolute Gasteiger partial charge is 0.306 e. The molecule has 50 heavy (non-hydrogen) atoms. The van der Waals surface area contributed by atoms with Gasteiger partial charge in [-0.05, 0) is 61.7 Å². The molecule has 6 rings (SSSR count). The lowest BCUT2D eigenvalue weighted by Crippen LogP contribution is -2.12. The number of fused-ring (bicyclic) bond motifs is 1. The first-order chi connectivity index (χ1) is 23.8. The van der Waals surface area contributed by atoms with Crippen molar-refractivity contribution in [1.82, 2.24) is 18.7 Å². The predicted octanol–water partition coefficient (Wildman–Crippen LogP) is 6.32. The molecule has 2 heterocycles. The number of esters is 1. The summed E-state index contributed by atoms with van der Waals surface area (Å²) < 4.78 is 82.3. The Bertz CT molecular complexity index is 2440. The van der Waals surface area contributed by atoms with E-state index in [0.29, 0.717) is 31.0 Å². The van der Waals surface area contributed by atoms with Gasteiger partial charge < -0.3 is 9.47 Å². The number of carbonyl (C=O) groups excluding carboxylic acids is 1. The van der Waals surface area contributed by atoms with Crippen molar-refractivity contribution >= 4 is 36.7 Å². The number of rotatable bonds is 12. The topological polar surface area (TPSA) is 139 Å². The molecular formula is C36H33FN4O7S2. The minimum absolute atomic E-state index is 0.0129. The molecule has 14 heteroatoms. The van der Waals surface area contributed by atoms with Gasteiger partial charge in [0.15, 0.2) is 27.2 Å². The normalized spacial score (nSPS) is 11.9. The Morgan fingerprint density at radius 3 is 2.40 bits per heavy atom. The predicted molar refractivity (Wildman–Crippen MR) is 185 cm³/mol. The van der Waals surface area contributed by atoms with Crippen LogP contribution in [-0.2, 0) is 42.4 Å². The van der Waals surface area contributed by atoms with Crippen LogP contribution in [0.15, 0.2) is 107 Å². The fourth-order valence-corrected chi connectivity index (χ4v) is 7.93. The van der Waals surface area contributed by atoms with Crippen LogP contribution >= 0.6 is 0 Å². The van der Waals surface area contributed by atoms with Gasteiger partial charge in [0.2, 0.25) is 0 Å². The van der Waals surface area contributed by atoms with Crippen LogP contribution in [0.1, 0.15) is 30.0 Å². The third-order valence-corrected chi connectivity index (χ3v) is 10.7. The molecule has 258 valence electrons. The first-order valence-corrected chi connectivity index (χ1v) is 18.9. The van der Waals surface area contributed by atoms with Gasteiger partial charge in [-0.3, -0.25) is 4.79 Å². The number of hydrogen-bond donors (Lipinski definition) is 0. The van der Waals surface area contributed by atoms with Gasteiger partial charge in [-0.15, -0.1) is 0 Å². The Balaban J connectivity index is 1.27. The van der Waals surface area contributed by atoms with Crippen molar-refractivity contribution in [2.45, 2.75) is 43.0 Å². The molecule has 0 bridgehead atoms. The van der Waals surface area contributed by atoms with Crippen molar-refractivity contribution in [3.05, 3.63) is 120 Å². The van der Waals surface area contributed by atoms with E-state index < -0.39 is 36.3 Å². The highest BCUT2D eigenvalue weighted by Gasteiger charge is 2.28. The molecule has 0 spiro atoms. The second-order valence-corrected chi connectivity index (χ2v) is 15.4. The van der Waals surface area contributed by atoms with Crippen LogP contribution in [0.2, 0.25) is 0 Å². The van der Waals surface area contributed by atoms with Crippen molar-refractivity contribution < 1.29 is 35.5 Å². The number of aryl methyl sites for hydroxylation is 2. The first-order valence-electron chi connectivity index (χ1n) is 15.6. The van der Waals surface area contributed by atoms with Crippen molar-refractivity contribution in [1.29, 1.82) is 0 Å². The van der Waals surface area contributed by atoms with E-state index in [0.717, 1.165) is 33.0 Å². The maximum absolute atomic E-state index is 15.8. The Morgan fingerprint density at radius 1 is 0.920 bits per heavy atom. The Morgan fingerprint density at radius 2 is 1.66 bits per heavy atom. The summed E-state index contributed by atoms with van der Waals surface area (Å²) in [6.45, 7) is 4.34. The summed E-state index contributed by atoms with van der Waals surface area (Å²) in [5, 5.41) is 4.56. The summed E-state index contributed by atoms with van der Waals surface area (Å²) in [7, 11) is -8.30. The zero-order chi connectivity index (χ0) is 35.6. The summed E-state index contributed by atoms with van der Waals surface area (Å²) in [4.78, 5) is 15.6. The standard InChI is InChI=1S/C36H33FN4O7S2/c1-4-47-33(42)16-13-25-7-5-8-26(19-25)22-40-23-38-36(39-40)27-9-6-10-28(20-27)48-34-31(37)21-32-30(35(34)49(3,43)44)17-18-41(32)50(45,46)29-14-11-24(2)12-15-29/h5-12,14-15,17-21,23H,4,13,16,22H2,1-3H3. The van der Waals surface area contributed by atoms with Gasteiger partial charge in [0, 0.05) is 35.9 Å². The lowest BCUT2D eigenvalue weighted by Gasteiger charge is -2.14. The third-order valence-electron chi connectivity index (χ3n) is 7.88. The second-order valence-electron chi connectivity index (χ2n) is 11.7. The zero-order valence-electron chi connectivity index (χ0n) is 27.4. The van der Waals surface area contributed by atoms with E-state index >= 15 is 4.39 Å². The molecule has 0 radical (unpaired) electrons. The highest BCUT2D eigenvalue weighted by Crippen LogP contribution is 2.39. The quantitative estimate of drug-likeness (QED) is 0.133. The molecule has 6 aromatic rings. The fraction of sp³-hybridized carbons (Fsp3) is 0.194. The van der Waals surface area contributed by atoms with Crippen LogP contribution in [0.4, 0.5) is 4.39 Å². The van der Waals surface area contributed by atoms with Gasteiger partial charge in [-0.2, -0.15) is 5.10 Å². The van der Waals surface area contributed by atoms with Crippen LogP contribution in [0.25, 0.3) is 22.3 Å². The van der Waals surface area contributed by atoms with Gasteiger partial charge in [0.05, 0.1) is 23.6 Å². The summed E-state index contributed by atoms with van der Waals surface area (Å²) in [6, 6.07) is 22.6. The molecule has 0 N–H and O–H groups in total. The molecular weight excluding hydrogens is 684 g/mol. The van der Waals surface area contributed by atoms with Gasteiger partial charge in [-0.1, -0.05) is 54.1 Å². The van der Waals surface area contributed by atoms with Gasteiger partial charge >= 0.3 is 5.97 Å². The van der Waals surface area contributed by atoms with Gasteiger partial charge in [0.25, 0.3) is 10.0 Å². The zero-order valence-corrected chi connectivity index (χ0v) is 29.0. The van der Waals surface area contributed by atoms with Crippen LogP contribution < -0.4 is 4.74 Å². The van der Waals surface area contributed by atoms with Crippen LogP contribution in [0, 0.1) is 12.7 Å². The molecule has 4 aromatic carbocycles. The highest BCUT2D eigenvalue weighted by atomic mass is 32.2. The van der Waals surface area contributed by atoms with Gasteiger partial charge in [-0.25, -0.2) is 34.9 Å². The van der Waals surface area contributed by atoms with Crippen molar-refractivity contribution in [3.8, 4) is 22.9 Å². The lowest BCUT2D eigenvalue weighted by molar-refractivity contribution is -0.143. The number of nitrogens with zero attached hydrogens (tertiary/aromatic N) is 4. The Hall–Kier alpha value is -5.34. The van der Waals surface area contributed by atoms with E-state index in [9.17, 15) is 21.6 Å². The van der Waals surface area contributed by atoms with Crippen molar-refractivity contribution in [3.63, 3.8) is 0 Å². The minimum atomic E-state index is -4.17. The molecule has 0 aliphatic carbocycles. The molecule has 0 saturated carbocycles. The SMILES string of the molecule is CCOC(=O)CCc1cccc(Cn2cnc(-c3cccc(Oc4c(F)cc5c(ccn5S(=O)(=O)c5ccc(C)cc5)c4S(C)(=O)=O)c3)n2)c1. The summed E-state index contributed by atoms with van der Waals surface area (Å²) in [6.07, 6.45) is 4.51. The molecule has 0 saturated heterocycles. The van der Waals surface area contributed by atoms with E-state index in [1.807, 2.05) is 31.2 Å². The van der Waals surface area contributed by atoms with Crippen LogP contribution in [0.3, 0.4) is 0 Å². The first kappa shape index (κ1) is 34.5. The number of aromatic nitrogens is 4. The number of hydrogen-bond acceptors (Lipinski definition) is 9. The molecule has 2 aromatic heterocycles. The monoisotopic (exact) mass is 716 g/mol. The minimum Gasteiger partial charge on any atom is -0.466 e. The molecule has 0 aliphatic heterocycles. The fourth-order valence-electron chi connectivity index (χ4n) is 5.54. The van der Waals surface area contributed by atoms with Crippen LogP contribution in [-0.4, -0.2) is 54.4 Å². The van der Waals surface area contributed by atoms with Crippen molar-refractivity contribution in [2.75, 3.05) is 12.9 Å². The van der Waals surface area contributed by atoms with Gasteiger partial charge in [0.1, 0.15) is 17.0 Å². The average molecular weight is 717 g/mol. The van der Waals surface area contributed by atoms with E-state index in [1.165, 1.54) is 30.5 Å². The molecule has 0 amide bonds. The molecule has 0 atom stereocenters. The molecule has 11 nitrogen and oxygen atoms in total. The number of halogens is 1. The van der Waals surface area contributed by atoms with Crippen LogP contribution in [0.5, 0.6) is 11.5 Å². The maximum atomic E-state index is 15.8. The third kappa shape index (κ3) is 7.31. The largest absolute Gasteiger partial charge is 0.466 e. The van der Waals surface area contributed by atoms with E-state index in [4.69, 9.17) is 9.47 Å². The number of benzene rings is 4. The van der Waals surface area contributed by atoms with E-state index in [2.05, 4.69) is 10.1 Å². The maximum Gasteiger partial charge on any atom is 0.306 e. The molecule has 0 fully saturated rings. The molecule has 0 unspecified atom stereocenters. The van der Waals surface area contributed by atoms with E-state index in [1.54, 1.807) is 48.3 Å². The lowest BCUT2D eigenvalue weighted by atomic mass is 10.1. The summed E-state index contributed by atoms with van der Waals surface area (Å²) in [5.74, 6) is -1.41. The van der Waals surface area contributed by atoms with Crippen molar-refractivity contribution in [2.24, 2.45) is 0 Å².